The van der Waals surface area contributed by atoms with Gasteiger partial charge in [0.2, 0.25) is 0 Å². The molecule has 0 bridgehead atoms. The van der Waals surface area contributed by atoms with E-state index in [0.29, 0.717) is 5.92 Å². The van der Waals surface area contributed by atoms with Crippen molar-refractivity contribution in [3.8, 4) is 16.9 Å². The first-order valence-corrected chi connectivity index (χ1v) is 8.80. The number of rotatable bonds is 4. The lowest BCUT2D eigenvalue weighted by molar-refractivity contribution is 0.0524. The Morgan fingerprint density at radius 3 is 2.50 bits per heavy atom. The maximum Gasteiger partial charge on any atom is 0.342 e. The molecular weight excluding hydrogens is 300 g/mol. The summed E-state index contributed by atoms with van der Waals surface area (Å²) in [4.78, 5) is 12.4. The fourth-order valence-electron chi connectivity index (χ4n) is 3.58. The van der Waals surface area contributed by atoms with Crippen molar-refractivity contribution in [3.05, 3.63) is 53.6 Å². The third-order valence-electron chi connectivity index (χ3n) is 4.78. The maximum atomic E-state index is 12.4. The summed E-state index contributed by atoms with van der Waals surface area (Å²) in [5, 5.41) is 10.6. The van der Waals surface area contributed by atoms with Gasteiger partial charge in [-0.15, -0.1) is 0 Å². The number of ether oxygens (including phenoxy) is 1. The first kappa shape index (κ1) is 16.6. The van der Waals surface area contributed by atoms with Crippen molar-refractivity contribution in [1.82, 2.24) is 0 Å². The highest BCUT2D eigenvalue weighted by Crippen LogP contribution is 2.39. The van der Waals surface area contributed by atoms with Gasteiger partial charge >= 0.3 is 5.97 Å². The molecule has 1 N–H and O–H groups in total. The van der Waals surface area contributed by atoms with Gasteiger partial charge in [-0.2, -0.15) is 0 Å². The number of aromatic hydroxyl groups is 1. The summed E-state index contributed by atoms with van der Waals surface area (Å²) in [7, 11) is 0. The molecule has 1 fully saturated rings. The van der Waals surface area contributed by atoms with E-state index in [4.69, 9.17) is 4.74 Å². The number of carbonyl (C=O) groups excluding carboxylic acids is 1. The molecule has 1 aliphatic carbocycles. The van der Waals surface area contributed by atoms with Crippen LogP contribution in [-0.4, -0.2) is 17.7 Å². The fraction of sp³-hybridized carbons (Fsp3) is 0.381. The van der Waals surface area contributed by atoms with Gasteiger partial charge in [0.25, 0.3) is 0 Å². The van der Waals surface area contributed by atoms with E-state index in [1.54, 1.807) is 13.0 Å². The van der Waals surface area contributed by atoms with Crippen molar-refractivity contribution in [2.24, 2.45) is 0 Å². The average Bonchev–Trinajstić information content (AvgIpc) is 2.62. The Kier molecular flexibility index (Phi) is 5.19. The molecule has 24 heavy (non-hydrogen) atoms. The van der Waals surface area contributed by atoms with Gasteiger partial charge in [0.1, 0.15) is 11.3 Å². The van der Waals surface area contributed by atoms with Crippen LogP contribution in [0.1, 0.15) is 60.9 Å². The lowest BCUT2D eigenvalue weighted by Gasteiger charge is -2.23. The van der Waals surface area contributed by atoms with Gasteiger partial charge in [-0.05, 0) is 48.9 Å². The molecule has 0 atom stereocenters. The van der Waals surface area contributed by atoms with E-state index in [0.717, 1.165) is 29.5 Å². The Labute approximate surface area is 143 Å². The van der Waals surface area contributed by atoms with E-state index in [2.05, 4.69) is 6.07 Å². The summed E-state index contributed by atoms with van der Waals surface area (Å²) in [6, 6.07) is 13.6. The van der Waals surface area contributed by atoms with Crippen molar-refractivity contribution in [1.29, 1.82) is 0 Å². The molecule has 3 nitrogen and oxygen atoms in total. The lowest BCUT2D eigenvalue weighted by atomic mass is 9.82. The van der Waals surface area contributed by atoms with E-state index < -0.39 is 5.97 Å². The summed E-state index contributed by atoms with van der Waals surface area (Å²) in [5.41, 5.74) is 3.07. The molecule has 0 heterocycles. The van der Waals surface area contributed by atoms with Crippen LogP contribution >= 0.6 is 0 Å². The third kappa shape index (κ3) is 3.45. The fourth-order valence-corrected chi connectivity index (χ4v) is 3.58. The molecule has 0 aromatic heterocycles. The molecule has 1 aliphatic rings. The summed E-state index contributed by atoms with van der Waals surface area (Å²) in [5.74, 6) is 0.0165. The number of esters is 1. The van der Waals surface area contributed by atoms with Crippen LogP contribution in [0.4, 0.5) is 0 Å². The topological polar surface area (TPSA) is 46.5 Å². The summed E-state index contributed by atoms with van der Waals surface area (Å²) in [6.07, 6.45) is 6.03. The minimum atomic E-state index is -0.468. The highest BCUT2D eigenvalue weighted by molar-refractivity contribution is 6.00. The zero-order valence-corrected chi connectivity index (χ0v) is 14.1. The molecule has 0 aliphatic heterocycles. The van der Waals surface area contributed by atoms with Crippen molar-refractivity contribution < 1.29 is 14.6 Å². The number of carbonyl (C=O) groups is 1. The smallest absolute Gasteiger partial charge is 0.342 e. The van der Waals surface area contributed by atoms with Crippen LogP contribution in [0.25, 0.3) is 11.1 Å². The molecule has 0 amide bonds. The molecule has 3 heteroatoms. The van der Waals surface area contributed by atoms with Gasteiger partial charge in [-0.1, -0.05) is 49.6 Å². The molecule has 3 rings (SSSR count). The zero-order valence-electron chi connectivity index (χ0n) is 14.1. The maximum absolute atomic E-state index is 12.4. The monoisotopic (exact) mass is 324 g/mol. The van der Waals surface area contributed by atoms with Crippen molar-refractivity contribution in [2.75, 3.05) is 6.61 Å². The van der Waals surface area contributed by atoms with Crippen LogP contribution in [0.15, 0.2) is 42.5 Å². The predicted molar refractivity (Wildman–Crippen MR) is 95.3 cm³/mol. The highest BCUT2D eigenvalue weighted by atomic mass is 16.5. The van der Waals surface area contributed by atoms with E-state index in [9.17, 15) is 9.90 Å². The predicted octanol–water partition coefficient (Wildman–Crippen LogP) is 5.28. The second kappa shape index (κ2) is 7.52. The number of hydrogen-bond donors (Lipinski definition) is 1. The first-order valence-electron chi connectivity index (χ1n) is 8.80. The normalized spacial score (nSPS) is 15.2. The molecule has 0 saturated heterocycles. The Morgan fingerprint density at radius 2 is 1.83 bits per heavy atom. The number of benzene rings is 2. The number of phenolic OH excluding ortho intramolecular Hbond substituents is 1. The van der Waals surface area contributed by atoms with Crippen LogP contribution in [0.5, 0.6) is 5.75 Å². The van der Waals surface area contributed by atoms with Gasteiger partial charge in [-0.3, -0.25) is 0 Å². The SMILES string of the molecule is CCOC(=O)c1c(O)cc(C2CCCCC2)cc1-c1ccccc1. The Hall–Kier alpha value is -2.29. The minimum Gasteiger partial charge on any atom is -0.507 e. The van der Waals surface area contributed by atoms with Gasteiger partial charge in [0.15, 0.2) is 0 Å². The number of hydrogen-bond acceptors (Lipinski definition) is 3. The van der Waals surface area contributed by atoms with Crippen LogP contribution in [0.2, 0.25) is 0 Å². The number of phenols is 1. The summed E-state index contributed by atoms with van der Waals surface area (Å²) < 4.78 is 5.16. The average molecular weight is 324 g/mol. The largest absolute Gasteiger partial charge is 0.507 e. The molecule has 2 aromatic carbocycles. The second-order valence-corrected chi connectivity index (χ2v) is 6.38. The third-order valence-corrected chi connectivity index (χ3v) is 4.78. The molecule has 0 spiro atoms. The van der Waals surface area contributed by atoms with E-state index in [1.165, 1.54) is 19.3 Å². The molecule has 0 radical (unpaired) electrons. The molecule has 1 saturated carbocycles. The first-order chi connectivity index (χ1) is 11.7. The van der Waals surface area contributed by atoms with Crippen molar-refractivity contribution >= 4 is 5.97 Å². The summed E-state index contributed by atoms with van der Waals surface area (Å²) >= 11 is 0. The van der Waals surface area contributed by atoms with Crippen LogP contribution in [-0.2, 0) is 4.74 Å². The summed E-state index contributed by atoms with van der Waals surface area (Å²) in [6.45, 7) is 2.06. The lowest BCUT2D eigenvalue weighted by Crippen LogP contribution is -2.10. The van der Waals surface area contributed by atoms with Crippen LogP contribution in [0, 0.1) is 0 Å². The standard InChI is InChI=1S/C21H24O3/c1-2-24-21(23)20-18(16-11-7-4-8-12-16)13-17(14-19(20)22)15-9-5-3-6-10-15/h4,7-8,11-15,22H,2-3,5-6,9-10H2,1H3. The van der Waals surface area contributed by atoms with Gasteiger partial charge in [0.05, 0.1) is 6.61 Å². The van der Waals surface area contributed by atoms with Crippen LogP contribution < -0.4 is 0 Å². The van der Waals surface area contributed by atoms with E-state index in [-0.39, 0.29) is 17.9 Å². The van der Waals surface area contributed by atoms with Gasteiger partial charge in [0, 0.05) is 5.56 Å². The van der Waals surface area contributed by atoms with Crippen molar-refractivity contribution in [2.45, 2.75) is 44.9 Å². The molecule has 0 unspecified atom stereocenters. The molecular formula is C21H24O3. The van der Waals surface area contributed by atoms with E-state index in [1.807, 2.05) is 30.3 Å². The second-order valence-electron chi connectivity index (χ2n) is 6.38. The van der Waals surface area contributed by atoms with Crippen LogP contribution in [0.3, 0.4) is 0 Å². The Morgan fingerprint density at radius 1 is 1.12 bits per heavy atom. The molecule has 126 valence electrons. The van der Waals surface area contributed by atoms with Crippen molar-refractivity contribution in [3.63, 3.8) is 0 Å². The van der Waals surface area contributed by atoms with Gasteiger partial charge < -0.3 is 9.84 Å². The zero-order chi connectivity index (χ0) is 16.9. The quantitative estimate of drug-likeness (QED) is 0.778. The Bertz CT molecular complexity index is 701. The minimum absolute atomic E-state index is 0.0235. The van der Waals surface area contributed by atoms with E-state index >= 15 is 0 Å². The molecule has 2 aromatic rings. The Balaban J connectivity index is 2.10. The van der Waals surface area contributed by atoms with Gasteiger partial charge in [-0.25, -0.2) is 4.79 Å². The highest BCUT2D eigenvalue weighted by Gasteiger charge is 2.23.